The standard InChI is InChI=1S/C14H8O2.Mg.2H/c15-13-9-5-1-2-6-10(9)14(16)12-8-4-3-7-11(12)13;;;/h1-8H;;;. The van der Waals surface area contributed by atoms with E-state index < -0.39 is 0 Å². The van der Waals surface area contributed by atoms with Gasteiger partial charge in [-0.25, -0.2) is 0 Å². The Morgan fingerprint density at radius 2 is 0.765 bits per heavy atom. The Labute approximate surface area is 115 Å². The summed E-state index contributed by atoms with van der Waals surface area (Å²) < 4.78 is 0. The molecule has 0 aromatic heterocycles. The van der Waals surface area contributed by atoms with Gasteiger partial charge in [-0.1, -0.05) is 48.5 Å². The maximum Gasteiger partial charge on any atom is 0.316 e. The minimum Gasteiger partial charge on any atom is -0.289 e. The van der Waals surface area contributed by atoms with E-state index in [2.05, 4.69) is 0 Å². The third kappa shape index (κ3) is 1.71. The maximum absolute atomic E-state index is 12.1. The fourth-order valence-corrected chi connectivity index (χ4v) is 2.05. The van der Waals surface area contributed by atoms with E-state index in [9.17, 15) is 9.59 Å². The van der Waals surface area contributed by atoms with E-state index in [4.69, 9.17) is 0 Å². The van der Waals surface area contributed by atoms with E-state index in [1.165, 1.54) is 0 Å². The molecule has 0 amide bonds. The zero-order valence-corrected chi connectivity index (χ0v) is 8.44. The Bertz CT molecular complexity index is 512. The lowest BCUT2D eigenvalue weighted by Gasteiger charge is -2.16. The van der Waals surface area contributed by atoms with Crippen molar-refractivity contribution in [1.82, 2.24) is 0 Å². The summed E-state index contributed by atoms with van der Waals surface area (Å²) in [6.45, 7) is 0. The van der Waals surface area contributed by atoms with Crippen molar-refractivity contribution in [3.63, 3.8) is 0 Å². The van der Waals surface area contributed by atoms with Crippen LogP contribution in [0.5, 0.6) is 0 Å². The molecule has 0 spiro atoms. The molecule has 0 heterocycles. The zero-order valence-electron chi connectivity index (χ0n) is 8.44. The number of hydrogen-bond acceptors (Lipinski definition) is 2. The van der Waals surface area contributed by atoms with Crippen LogP contribution in [0.25, 0.3) is 0 Å². The summed E-state index contributed by atoms with van der Waals surface area (Å²) in [5, 5.41) is 0. The van der Waals surface area contributed by atoms with Crippen LogP contribution in [-0.2, 0) is 0 Å². The van der Waals surface area contributed by atoms with Crippen molar-refractivity contribution < 1.29 is 9.59 Å². The predicted molar refractivity (Wildman–Crippen MR) is 68.3 cm³/mol. The highest BCUT2D eigenvalue weighted by atomic mass is 24.3. The topological polar surface area (TPSA) is 34.1 Å². The van der Waals surface area contributed by atoms with Gasteiger partial charge in [0.25, 0.3) is 0 Å². The van der Waals surface area contributed by atoms with Crippen molar-refractivity contribution in [2.24, 2.45) is 0 Å². The summed E-state index contributed by atoms with van der Waals surface area (Å²) in [6.07, 6.45) is 0. The molecule has 1 aliphatic rings. The van der Waals surface area contributed by atoms with E-state index in [0.29, 0.717) is 22.3 Å². The van der Waals surface area contributed by atoms with Crippen LogP contribution in [0.4, 0.5) is 0 Å². The normalized spacial score (nSPS) is 12.5. The quantitative estimate of drug-likeness (QED) is 0.553. The maximum atomic E-state index is 12.1. The summed E-state index contributed by atoms with van der Waals surface area (Å²) in [7, 11) is 0. The van der Waals surface area contributed by atoms with Gasteiger partial charge >= 0.3 is 23.1 Å². The van der Waals surface area contributed by atoms with Crippen LogP contribution in [0, 0.1) is 0 Å². The van der Waals surface area contributed by atoms with Crippen LogP contribution in [0.1, 0.15) is 31.8 Å². The molecule has 0 unspecified atom stereocenters. The first-order valence-corrected chi connectivity index (χ1v) is 5.06. The van der Waals surface area contributed by atoms with Gasteiger partial charge < -0.3 is 0 Å². The van der Waals surface area contributed by atoms with Gasteiger partial charge in [0, 0.05) is 22.3 Å². The van der Waals surface area contributed by atoms with Gasteiger partial charge in [-0.05, 0) is 0 Å². The first-order chi connectivity index (χ1) is 7.79. The summed E-state index contributed by atoms with van der Waals surface area (Å²) in [5.74, 6) is -0.128. The molecule has 0 N–H and O–H groups in total. The van der Waals surface area contributed by atoms with Crippen molar-refractivity contribution in [3.05, 3.63) is 70.8 Å². The number of carbonyl (C=O) groups excluding carboxylic acids is 2. The van der Waals surface area contributed by atoms with Crippen molar-refractivity contribution in [2.45, 2.75) is 0 Å². The largest absolute Gasteiger partial charge is 0.316 e. The van der Waals surface area contributed by atoms with E-state index in [0.717, 1.165) is 0 Å². The molecule has 3 heteroatoms. The van der Waals surface area contributed by atoms with E-state index in [1.807, 2.05) is 0 Å². The third-order valence-corrected chi connectivity index (χ3v) is 2.83. The molecule has 0 saturated carbocycles. The van der Waals surface area contributed by atoms with Crippen LogP contribution in [-0.4, -0.2) is 34.6 Å². The summed E-state index contributed by atoms with van der Waals surface area (Å²) in [6, 6.07) is 13.9. The Morgan fingerprint density at radius 3 is 1.00 bits per heavy atom. The van der Waals surface area contributed by atoms with Gasteiger partial charge in [0.2, 0.25) is 0 Å². The lowest BCUT2D eigenvalue weighted by Crippen LogP contribution is -2.20. The fourth-order valence-electron chi connectivity index (χ4n) is 2.05. The zero-order chi connectivity index (χ0) is 11.1. The molecule has 0 radical (unpaired) electrons. The molecule has 0 atom stereocenters. The average Bonchev–Trinajstić information content (AvgIpc) is 2.36. The molecule has 2 aromatic carbocycles. The molecule has 1 aliphatic carbocycles. The summed E-state index contributed by atoms with van der Waals surface area (Å²) >= 11 is 0. The molecule has 0 bridgehead atoms. The Morgan fingerprint density at radius 1 is 0.529 bits per heavy atom. The molecule has 0 saturated heterocycles. The molecule has 17 heavy (non-hydrogen) atoms. The molecule has 2 nitrogen and oxygen atoms in total. The molecule has 0 fully saturated rings. The smallest absolute Gasteiger partial charge is 0.289 e. The first-order valence-electron chi connectivity index (χ1n) is 5.06. The lowest BCUT2D eigenvalue weighted by molar-refractivity contribution is 0.0979. The third-order valence-electron chi connectivity index (χ3n) is 2.83. The van der Waals surface area contributed by atoms with Gasteiger partial charge in [-0.15, -0.1) is 0 Å². The molecular weight excluding hydrogens is 224 g/mol. The fraction of sp³-hybridized carbons (Fsp3) is 0. The van der Waals surface area contributed by atoms with Crippen LogP contribution < -0.4 is 0 Å². The summed E-state index contributed by atoms with van der Waals surface area (Å²) in [5.41, 5.74) is 2.02. The number of benzene rings is 2. The van der Waals surface area contributed by atoms with Crippen molar-refractivity contribution in [2.75, 3.05) is 0 Å². The van der Waals surface area contributed by atoms with E-state index in [-0.39, 0.29) is 34.6 Å². The SMILES string of the molecule is O=C1c2ccccc2C(=O)c2ccccc21.[MgH2]. The second-order valence-corrected chi connectivity index (χ2v) is 3.75. The Hall–Kier alpha value is -1.45. The monoisotopic (exact) mass is 234 g/mol. The van der Waals surface area contributed by atoms with Crippen molar-refractivity contribution in [3.8, 4) is 0 Å². The van der Waals surface area contributed by atoms with Gasteiger partial charge in [-0.2, -0.15) is 0 Å². The minimum absolute atomic E-state index is 0. The minimum atomic E-state index is -0.0641. The number of fused-ring (bicyclic) bond motifs is 2. The molecule has 80 valence electrons. The number of hydrogen-bond donors (Lipinski definition) is 0. The van der Waals surface area contributed by atoms with E-state index >= 15 is 0 Å². The highest BCUT2D eigenvalue weighted by molar-refractivity contribution is 6.28. The van der Waals surface area contributed by atoms with Gasteiger partial charge in [0.1, 0.15) is 0 Å². The number of rotatable bonds is 0. The van der Waals surface area contributed by atoms with Crippen molar-refractivity contribution in [1.29, 1.82) is 0 Å². The Kier molecular flexibility index (Phi) is 3.13. The van der Waals surface area contributed by atoms with Gasteiger partial charge in [0.15, 0.2) is 11.6 Å². The number of carbonyl (C=O) groups is 2. The highest BCUT2D eigenvalue weighted by Crippen LogP contribution is 2.26. The predicted octanol–water partition coefficient (Wildman–Crippen LogP) is 1.55. The molecule has 2 aromatic rings. The van der Waals surface area contributed by atoms with Gasteiger partial charge in [0.05, 0.1) is 0 Å². The van der Waals surface area contributed by atoms with Crippen LogP contribution in [0.15, 0.2) is 48.5 Å². The average molecular weight is 235 g/mol. The molecular formula is C14H10MgO2. The number of ketones is 2. The lowest BCUT2D eigenvalue weighted by atomic mass is 9.84. The highest BCUT2D eigenvalue weighted by Gasteiger charge is 2.28. The van der Waals surface area contributed by atoms with Gasteiger partial charge in [-0.3, -0.25) is 9.59 Å². The molecule has 3 rings (SSSR count). The first kappa shape index (κ1) is 12.0. The van der Waals surface area contributed by atoms with Crippen LogP contribution in [0.3, 0.4) is 0 Å². The molecule has 0 aliphatic heterocycles. The van der Waals surface area contributed by atoms with Crippen LogP contribution in [0.2, 0.25) is 0 Å². The summed E-state index contributed by atoms with van der Waals surface area (Å²) in [4.78, 5) is 24.2. The second-order valence-electron chi connectivity index (χ2n) is 3.75. The second kappa shape index (κ2) is 4.43. The van der Waals surface area contributed by atoms with Crippen molar-refractivity contribution >= 4 is 34.6 Å². The van der Waals surface area contributed by atoms with Crippen LogP contribution >= 0.6 is 0 Å². The Balaban J connectivity index is 0.00000108. The van der Waals surface area contributed by atoms with E-state index in [1.54, 1.807) is 48.5 Å².